The van der Waals surface area contributed by atoms with Crippen LogP contribution in [0.1, 0.15) is 0 Å². The summed E-state index contributed by atoms with van der Waals surface area (Å²) in [6.07, 6.45) is 1.40. The molecule has 0 aliphatic heterocycles. The van der Waals surface area contributed by atoms with Gasteiger partial charge in [0.05, 0.1) is 7.11 Å². The quantitative estimate of drug-likeness (QED) is 0.183. The Morgan fingerprint density at radius 1 is 0.513 bits per heavy atom. The van der Waals surface area contributed by atoms with E-state index in [9.17, 15) is 4.21 Å². The Kier molecular flexibility index (Phi) is 7.81. The minimum atomic E-state index is -2.77. The number of benzene rings is 5. The summed E-state index contributed by atoms with van der Waals surface area (Å²) in [5, 5.41) is 0. The minimum Gasteiger partial charge on any atom is -0.497 e. The Morgan fingerprint density at radius 2 is 0.821 bits per heavy atom. The predicted molar refractivity (Wildman–Crippen MR) is 164 cm³/mol. The average molecular weight is 553 g/mol. The SMILES string of the molecule is COc1ccc(N(c2ccccc2)c2ccc(N(c3ccccc3)c3ccc(OS(C)(=O)=S)cc3)cc2)cc1. The number of methoxy groups -OCH3 is 1. The van der Waals surface area contributed by atoms with E-state index in [-0.39, 0.29) is 0 Å². The second-order valence-corrected chi connectivity index (χ2v) is 12.2. The molecule has 0 fully saturated rings. The number of anilines is 6. The molecule has 1 atom stereocenters. The van der Waals surface area contributed by atoms with Crippen LogP contribution in [0.2, 0.25) is 0 Å². The minimum absolute atomic E-state index is 0.475. The van der Waals surface area contributed by atoms with Crippen molar-refractivity contribution in [2.45, 2.75) is 0 Å². The lowest BCUT2D eigenvalue weighted by atomic mass is 10.1. The highest BCUT2D eigenvalue weighted by Gasteiger charge is 2.16. The van der Waals surface area contributed by atoms with E-state index in [0.717, 1.165) is 39.9 Å². The topological polar surface area (TPSA) is 42.0 Å². The van der Waals surface area contributed by atoms with Crippen molar-refractivity contribution in [3.63, 3.8) is 0 Å². The Bertz CT molecular complexity index is 1610. The van der Waals surface area contributed by atoms with Crippen LogP contribution in [-0.2, 0) is 20.0 Å². The zero-order valence-electron chi connectivity index (χ0n) is 21.6. The molecule has 196 valence electrons. The van der Waals surface area contributed by atoms with Crippen LogP contribution < -0.4 is 18.7 Å². The van der Waals surface area contributed by atoms with E-state index in [0.29, 0.717) is 5.75 Å². The Labute approximate surface area is 234 Å². The normalized spacial score (nSPS) is 12.3. The number of para-hydroxylation sites is 2. The summed E-state index contributed by atoms with van der Waals surface area (Å²) in [7, 11) is -1.10. The van der Waals surface area contributed by atoms with Gasteiger partial charge in [0.25, 0.3) is 0 Å². The molecule has 0 heterocycles. The third-order valence-corrected chi connectivity index (χ3v) is 6.77. The smallest absolute Gasteiger partial charge is 0.182 e. The molecule has 5 aromatic carbocycles. The molecule has 0 spiro atoms. The second-order valence-electron chi connectivity index (χ2n) is 8.84. The summed E-state index contributed by atoms with van der Waals surface area (Å²) >= 11 is 4.91. The summed E-state index contributed by atoms with van der Waals surface area (Å²) < 4.78 is 22.7. The molecule has 0 aromatic heterocycles. The molecule has 0 saturated heterocycles. The molecule has 0 saturated carbocycles. The fourth-order valence-electron chi connectivity index (χ4n) is 4.36. The first-order valence-corrected chi connectivity index (χ1v) is 15.2. The van der Waals surface area contributed by atoms with Gasteiger partial charge in [-0.05, 0) is 97.1 Å². The molecule has 39 heavy (non-hydrogen) atoms. The number of rotatable bonds is 9. The van der Waals surface area contributed by atoms with Crippen LogP contribution in [0.5, 0.6) is 11.5 Å². The van der Waals surface area contributed by atoms with Crippen molar-refractivity contribution in [2.75, 3.05) is 23.2 Å². The maximum absolute atomic E-state index is 11.9. The lowest BCUT2D eigenvalue weighted by Crippen LogP contribution is -2.12. The zero-order valence-corrected chi connectivity index (χ0v) is 23.3. The van der Waals surface area contributed by atoms with Gasteiger partial charge in [0.1, 0.15) is 11.5 Å². The summed E-state index contributed by atoms with van der Waals surface area (Å²) in [6, 6.07) is 44.3. The number of nitrogens with zero attached hydrogens (tertiary/aromatic N) is 2. The van der Waals surface area contributed by atoms with Gasteiger partial charge in [-0.1, -0.05) is 36.4 Å². The summed E-state index contributed by atoms with van der Waals surface area (Å²) in [6.45, 7) is 0. The van der Waals surface area contributed by atoms with E-state index in [2.05, 4.69) is 70.5 Å². The van der Waals surface area contributed by atoms with E-state index in [1.807, 2.05) is 60.7 Å². The standard InChI is InChI=1S/C32H28N2O3S2/c1-36-31-21-17-29(18-22-31)33(25-9-5-3-6-10-25)27-13-15-28(16-14-27)34(26-11-7-4-8-12-26)30-19-23-32(24-20-30)37-39(2,35)38/h3-24H,1-2H3. The fourth-order valence-corrected chi connectivity index (χ4v) is 5.05. The highest BCUT2D eigenvalue weighted by atomic mass is 32.8. The van der Waals surface area contributed by atoms with E-state index in [1.54, 1.807) is 19.2 Å². The summed E-state index contributed by atoms with van der Waals surface area (Å²) in [5.74, 6) is 1.29. The highest BCUT2D eigenvalue weighted by Crippen LogP contribution is 2.39. The first kappa shape index (κ1) is 26.3. The lowest BCUT2D eigenvalue weighted by molar-refractivity contribution is 0.415. The molecule has 0 aliphatic rings. The van der Waals surface area contributed by atoms with E-state index >= 15 is 0 Å². The first-order valence-electron chi connectivity index (χ1n) is 12.4. The van der Waals surface area contributed by atoms with Gasteiger partial charge in [0.2, 0.25) is 0 Å². The van der Waals surface area contributed by atoms with Gasteiger partial charge in [-0.25, -0.2) is 4.21 Å². The maximum Gasteiger partial charge on any atom is 0.182 e. The van der Waals surface area contributed by atoms with Crippen LogP contribution in [0.15, 0.2) is 133 Å². The van der Waals surface area contributed by atoms with Crippen LogP contribution in [-0.4, -0.2) is 17.6 Å². The van der Waals surface area contributed by atoms with E-state index in [1.165, 1.54) is 6.26 Å². The van der Waals surface area contributed by atoms with Crippen molar-refractivity contribution in [2.24, 2.45) is 0 Å². The monoisotopic (exact) mass is 552 g/mol. The molecule has 5 aromatic rings. The Morgan fingerprint density at radius 3 is 1.15 bits per heavy atom. The highest BCUT2D eigenvalue weighted by molar-refractivity contribution is 8.30. The summed E-state index contributed by atoms with van der Waals surface area (Å²) in [5.41, 5.74) is 6.04. The van der Waals surface area contributed by atoms with Crippen LogP contribution >= 0.6 is 0 Å². The molecule has 5 nitrogen and oxygen atoms in total. The molecule has 0 bridgehead atoms. The van der Waals surface area contributed by atoms with Crippen molar-refractivity contribution in [1.29, 1.82) is 0 Å². The largest absolute Gasteiger partial charge is 0.497 e. The average Bonchev–Trinajstić information content (AvgIpc) is 2.96. The van der Waals surface area contributed by atoms with Gasteiger partial charge in [0, 0.05) is 51.6 Å². The maximum atomic E-state index is 11.9. The van der Waals surface area contributed by atoms with Gasteiger partial charge in [-0.15, -0.1) is 0 Å². The molecular weight excluding hydrogens is 524 g/mol. The van der Waals surface area contributed by atoms with Crippen molar-refractivity contribution < 1.29 is 13.1 Å². The first-order chi connectivity index (χ1) is 18.9. The Hall–Kier alpha value is -4.33. The molecule has 0 N–H and O–H groups in total. The van der Waals surface area contributed by atoms with E-state index < -0.39 is 8.77 Å². The molecule has 7 heteroatoms. The van der Waals surface area contributed by atoms with Crippen molar-refractivity contribution in [3.8, 4) is 11.5 Å². The number of ether oxygens (including phenoxy) is 1. The van der Waals surface area contributed by atoms with Gasteiger partial charge in [-0.2, -0.15) is 0 Å². The van der Waals surface area contributed by atoms with Crippen molar-refractivity contribution >= 4 is 54.1 Å². The van der Waals surface area contributed by atoms with Crippen LogP contribution in [0, 0.1) is 0 Å². The van der Waals surface area contributed by atoms with E-state index in [4.69, 9.17) is 20.1 Å². The Balaban J connectivity index is 1.53. The third-order valence-electron chi connectivity index (χ3n) is 6.07. The molecular formula is C32H28N2O3S2. The van der Waals surface area contributed by atoms with Gasteiger partial charge >= 0.3 is 0 Å². The molecule has 5 rings (SSSR count). The van der Waals surface area contributed by atoms with Crippen LogP contribution in [0.3, 0.4) is 0 Å². The molecule has 0 amide bonds. The lowest BCUT2D eigenvalue weighted by Gasteiger charge is -2.28. The molecule has 1 unspecified atom stereocenters. The number of hydrogen-bond acceptors (Lipinski definition) is 6. The molecule has 0 aliphatic carbocycles. The number of hydrogen-bond donors (Lipinski definition) is 0. The summed E-state index contributed by atoms with van der Waals surface area (Å²) in [4.78, 5) is 4.37. The second kappa shape index (κ2) is 11.6. The van der Waals surface area contributed by atoms with Gasteiger partial charge in [-0.3, -0.25) is 0 Å². The molecule has 0 radical (unpaired) electrons. The van der Waals surface area contributed by atoms with Crippen molar-refractivity contribution in [3.05, 3.63) is 133 Å². The van der Waals surface area contributed by atoms with Gasteiger partial charge < -0.3 is 18.7 Å². The third kappa shape index (κ3) is 6.39. The van der Waals surface area contributed by atoms with Crippen LogP contribution in [0.25, 0.3) is 0 Å². The zero-order chi connectivity index (χ0) is 27.2. The van der Waals surface area contributed by atoms with Gasteiger partial charge in [0.15, 0.2) is 8.77 Å². The van der Waals surface area contributed by atoms with Crippen molar-refractivity contribution in [1.82, 2.24) is 0 Å². The fraction of sp³-hybridized carbons (Fsp3) is 0.0625. The van der Waals surface area contributed by atoms with Crippen LogP contribution in [0.4, 0.5) is 34.1 Å². The predicted octanol–water partition coefficient (Wildman–Crippen LogP) is 8.30.